The van der Waals surface area contributed by atoms with Crippen LogP contribution in [-0.2, 0) is 5.41 Å². The first-order chi connectivity index (χ1) is 28.4. The van der Waals surface area contributed by atoms with E-state index in [1.54, 1.807) is 0 Å². The van der Waals surface area contributed by atoms with Gasteiger partial charge in [0.15, 0.2) is 0 Å². The molecule has 0 aliphatic carbocycles. The summed E-state index contributed by atoms with van der Waals surface area (Å²) in [5, 5.41) is 5.04. The van der Waals surface area contributed by atoms with E-state index in [-0.39, 0.29) is 5.41 Å². The molecule has 0 N–H and O–H groups in total. The quantitative estimate of drug-likeness (QED) is 0.158. The Bertz CT molecular complexity index is 2980. The summed E-state index contributed by atoms with van der Waals surface area (Å²) < 4.78 is 2.37. The summed E-state index contributed by atoms with van der Waals surface area (Å²) in [6, 6.07) is 77.4. The Kier molecular flexibility index (Phi) is 8.76. The highest BCUT2D eigenvalue weighted by molar-refractivity contribution is 6.09. The molecule has 0 saturated heterocycles. The molecule has 0 fully saturated rings. The van der Waals surface area contributed by atoms with Crippen LogP contribution < -0.4 is 4.90 Å². The summed E-state index contributed by atoms with van der Waals surface area (Å²) in [5.41, 5.74) is 15.6. The lowest BCUT2D eigenvalue weighted by Crippen LogP contribution is -2.10. The lowest BCUT2D eigenvalue weighted by molar-refractivity contribution is 0.590. The fourth-order valence-corrected chi connectivity index (χ4v) is 8.49. The first-order valence-corrected chi connectivity index (χ1v) is 20.2. The summed E-state index contributed by atoms with van der Waals surface area (Å²) in [6.07, 6.45) is 0. The molecule has 278 valence electrons. The summed E-state index contributed by atoms with van der Waals surface area (Å²) in [6.45, 7) is 6.77. The molecule has 0 aliphatic rings. The van der Waals surface area contributed by atoms with Gasteiger partial charge in [0.2, 0.25) is 0 Å². The Labute approximate surface area is 340 Å². The van der Waals surface area contributed by atoms with E-state index >= 15 is 0 Å². The summed E-state index contributed by atoms with van der Waals surface area (Å²) in [4.78, 5) is 2.36. The predicted octanol–water partition coefficient (Wildman–Crippen LogP) is 15.7. The van der Waals surface area contributed by atoms with Crippen molar-refractivity contribution in [3.8, 4) is 39.1 Å². The number of aromatic nitrogens is 1. The maximum atomic E-state index is 2.37. The topological polar surface area (TPSA) is 8.17 Å². The molecular formula is C56H44N2. The predicted molar refractivity (Wildman–Crippen MR) is 248 cm³/mol. The van der Waals surface area contributed by atoms with Gasteiger partial charge in [0, 0.05) is 33.5 Å². The molecule has 1 aromatic heterocycles. The number of rotatable bonds is 7. The maximum Gasteiger partial charge on any atom is 0.0541 e. The van der Waals surface area contributed by atoms with Gasteiger partial charge in [-0.15, -0.1) is 0 Å². The first kappa shape index (κ1) is 35.3. The van der Waals surface area contributed by atoms with Gasteiger partial charge >= 0.3 is 0 Å². The highest BCUT2D eigenvalue weighted by atomic mass is 15.1. The van der Waals surface area contributed by atoms with Gasteiger partial charge in [-0.3, -0.25) is 0 Å². The van der Waals surface area contributed by atoms with Crippen LogP contribution in [0.1, 0.15) is 26.3 Å². The van der Waals surface area contributed by atoms with E-state index in [4.69, 9.17) is 0 Å². The van der Waals surface area contributed by atoms with Gasteiger partial charge in [0.1, 0.15) is 0 Å². The van der Waals surface area contributed by atoms with E-state index < -0.39 is 0 Å². The number of hydrogen-bond acceptors (Lipinski definition) is 1. The van der Waals surface area contributed by atoms with Crippen LogP contribution in [0.25, 0.3) is 71.6 Å². The molecule has 2 heteroatoms. The molecule has 10 rings (SSSR count). The smallest absolute Gasteiger partial charge is 0.0541 e. The molecule has 0 radical (unpaired) electrons. The fraction of sp³-hybridized carbons (Fsp3) is 0.0714. The first-order valence-electron chi connectivity index (χ1n) is 20.2. The van der Waals surface area contributed by atoms with E-state index in [0.717, 1.165) is 22.7 Å². The highest BCUT2D eigenvalue weighted by Crippen LogP contribution is 2.39. The number of para-hydroxylation sites is 2. The van der Waals surface area contributed by atoms with Crippen molar-refractivity contribution in [3.63, 3.8) is 0 Å². The number of anilines is 3. The maximum absolute atomic E-state index is 2.37. The average Bonchev–Trinajstić information content (AvgIpc) is 3.61. The molecule has 2 nitrogen and oxygen atoms in total. The molecule has 0 atom stereocenters. The van der Waals surface area contributed by atoms with Gasteiger partial charge in [-0.05, 0) is 116 Å². The van der Waals surface area contributed by atoms with Gasteiger partial charge in [-0.25, -0.2) is 0 Å². The molecule has 58 heavy (non-hydrogen) atoms. The molecule has 1 heterocycles. The molecule has 9 aromatic carbocycles. The molecule has 0 amide bonds. The van der Waals surface area contributed by atoms with Crippen LogP contribution in [-0.4, -0.2) is 4.57 Å². The Hall–Kier alpha value is -7.16. The molecule has 0 saturated carbocycles. The van der Waals surface area contributed by atoms with E-state index in [2.05, 4.69) is 243 Å². The van der Waals surface area contributed by atoms with E-state index in [1.807, 2.05) is 0 Å². The van der Waals surface area contributed by atoms with Crippen LogP contribution in [0, 0.1) is 0 Å². The minimum Gasteiger partial charge on any atom is -0.311 e. The Balaban J connectivity index is 1.01. The van der Waals surface area contributed by atoms with Crippen molar-refractivity contribution in [2.45, 2.75) is 26.2 Å². The van der Waals surface area contributed by atoms with Crippen LogP contribution in [0.5, 0.6) is 0 Å². The largest absolute Gasteiger partial charge is 0.311 e. The van der Waals surface area contributed by atoms with Crippen molar-refractivity contribution in [2.24, 2.45) is 0 Å². The van der Waals surface area contributed by atoms with Crippen molar-refractivity contribution in [1.82, 2.24) is 4.57 Å². The number of benzene rings is 9. The van der Waals surface area contributed by atoms with Crippen molar-refractivity contribution in [1.29, 1.82) is 0 Å². The van der Waals surface area contributed by atoms with Crippen molar-refractivity contribution >= 4 is 49.6 Å². The molecule has 10 aromatic rings. The second-order valence-electron chi connectivity index (χ2n) is 16.2. The fourth-order valence-electron chi connectivity index (χ4n) is 8.49. The van der Waals surface area contributed by atoms with Crippen LogP contribution in [0.2, 0.25) is 0 Å². The van der Waals surface area contributed by atoms with Crippen LogP contribution in [0.4, 0.5) is 17.1 Å². The van der Waals surface area contributed by atoms with Crippen LogP contribution in [0.15, 0.2) is 212 Å². The lowest BCUT2D eigenvalue weighted by atomic mass is 9.86. The third-order valence-electron chi connectivity index (χ3n) is 11.6. The lowest BCUT2D eigenvalue weighted by Gasteiger charge is -2.26. The molecular weight excluding hydrogens is 701 g/mol. The van der Waals surface area contributed by atoms with Gasteiger partial charge in [0.25, 0.3) is 0 Å². The Morgan fingerprint density at radius 3 is 1.26 bits per heavy atom. The van der Waals surface area contributed by atoms with Crippen LogP contribution in [0.3, 0.4) is 0 Å². The van der Waals surface area contributed by atoms with Crippen LogP contribution >= 0.6 is 0 Å². The summed E-state index contributed by atoms with van der Waals surface area (Å²) in [7, 11) is 0. The standard InChI is InChI=1S/C56H44N2/c1-56(2,3)45-29-23-41(24-30-45)39-19-21-40(22-20-39)42-25-31-46(32-26-42)57(47-33-27-44(28-34-47)51-16-10-12-43-11-4-5-13-50(43)51)48-35-37-49(38-36-48)58-54-17-8-6-14-52(54)53-15-7-9-18-55(53)58/h4-38H,1-3H3. The third kappa shape index (κ3) is 6.43. The zero-order chi connectivity index (χ0) is 39.2. The second-order valence-corrected chi connectivity index (χ2v) is 16.2. The average molecular weight is 745 g/mol. The summed E-state index contributed by atoms with van der Waals surface area (Å²) >= 11 is 0. The molecule has 0 spiro atoms. The van der Waals surface area contributed by atoms with E-state index in [1.165, 1.54) is 71.5 Å². The van der Waals surface area contributed by atoms with E-state index in [0.29, 0.717) is 0 Å². The summed E-state index contributed by atoms with van der Waals surface area (Å²) in [5.74, 6) is 0. The molecule has 0 aliphatic heterocycles. The monoisotopic (exact) mass is 744 g/mol. The Morgan fingerprint density at radius 1 is 0.345 bits per heavy atom. The second kappa shape index (κ2) is 14.4. The SMILES string of the molecule is CC(C)(C)c1ccc(-c2ccc(-c3ccc(N(c4ccc(-c5cccc6ccccc56)cc4)c4ccc(-n5c6ccccc6c6ccccc65)cc4)cc3)cc2)cc1. The highest BCUT2D eigenvalue weighted by Gasteiger charge is 2.17. The van der Waals surface area contributed by atoms with Crippen molar-refractivity contribution < 1.29 is 0 Å². The number of fused-ring (bicyclic) bond motifs is 4. The zero-order valence-corrected chi connectivity index (χ0v) is 33.1. The Morgan fingerprint density at radius 2 is 0.741 bits per heavy atom. The van der Waals surface area contributed by atoms with Crippen molar-refractivity contribution in [2.75, 3.05) is 4.90 Å². The third-order valence-corrected chi connectivity index (χ3v) is 11.6. The normalized spacial score (nSPS) is 11.7. The minimum atomic E-state index is 0.141. The minimum absolute atomic E-state index is 0.141. The van der Waals surface area contributed by atoms with Gasteiger partial charge in [-0.1, -0.05) is 172 Å². The van der Waals surface area contributed by atoms with Gasteiger partial charge in [-0.2, -0.15) is 0 Å². The zero-order valence-electron chi connectivity index (χ0n) is 33.1. The molecule has 0 unspecified atom stereocenters. The van der Waals surface area contributed by atoms with Gasteiger partial charge < -0.3 is 9.47 Å². The number of nitrogens with zero attached hydrogens (tertiary/aromatic N) is 2. The van der Waals surface area contributed by atoms with Crippen molar-refractivity contribution in [3.05, 3.63) is 218 Å². The number of hydrogen-bond donors (Lipinski definition) is 0. The van der Waals surface area contributed by atoms with E-state index in [9.17, 15) is 0 Å². The molecule has 0 bridgehead atoms. The van der Waals surface area contributed by atoms with Gasteiger partial charge in [0.05, 0.1) is 11.0 Å².